The third-order valence-electron chi connectivity index (χ3n) is 3.60. The first kappa shape index (κ1) is 12.2. The number of hydrogen-bond acceptors (Lipinski definition) is 1. The van der Waals surface area contributed by atoms with Crippen LogP contribution in [0.4, 0.5) is 0 Å². The molecule has 1 aromatic rings. The van der Waals surface area contributed by atoms with E-state index in [4.69, 9.17) is 0 Å². The molecule has 2 nitrogen and oxygen atoms in total. The largest absolute Gasteiger partial charge is 0.353 e. The summed E-state index contributed by atoms with van der Waals surface area (Å²) in [6.45, 7) is 8.72. The smallest absolute Gasteiger partial charge is 0.220 e. The number of nitrogens with one attached hydrogen (secondary N) is 1. The molecule has 0 saturated carbocycles. The van der Waals surface area contributed by atoms with Crippen molar-refractivity contribution in [3.8, 4) is 0 Å². The van der Waals surface area contributed by atoms with Crippen molar-refractivity contribution in [2.24, 2.45) is 0 Å². The first-order chi connectivity index (χ1) is 7.88. The van der Waals surface area contributed by atoms with E-state index in [0.29, 0.717) is 12.3 Å². The summed E-state index contributed by atoms with van der Waals surface area (Å²) in [5.74, 6) is 0.499. The fraction of sp³-hybridized carbons (Fsp3) is 0.533. The lowest BCUT2D eigenvalue weighted by Crippen LogP contribution is -2.24. The topological polar surface area (TPSA) is 29.1 Å². The summed E-state index contributed by atoms with van der Waals surface area (Å²) in [5, 5.41) is 2.97. The van der Waals surface area contributed by atoms with Crippen molar-refractivity contribution < 1.29 is 4.79 Å². The number of rotatable bonds is 1. The lowest BCUT2D eigenvalue weighted by Gasteiger charge is -2.21. The molecule has 1 saturated heterocycles. The predicted octanol–water partition coefficient (Wildman–Crippen LogP) is 2.98. The van der Waals surface area contributed by atoms with Gasteiger partial charge in [0.25, 0.3) is 0 Å². The van der Waals surface area contributed by atoms with Gasteiger partial charge in [-0.15, -0.1) is 0 Å². The van der Waals surface area contributed by atoms with Crippen molar-refractivity contribution in [1.82, 2.24) is 5.32 Å². The Morgan fingerprint density at radius 3 is 2.18 bits per heavy atom. The molecule has 0 aromatic heterocycles. The monoisotopic (exact) mass is 231 g/mol. The maximum absolute atomic E-state index is 11.4. The van der Waals surface area contributed by atoms with Crippen LogP contribution in [0.1, 0.15) is 51.2 Å². The van der Waals surface area contributed by atoms with E-state index in [9.17, 15) is 4.79 Å². The van der Waals surface area contributed by atoms with Crippen LogP contribution in [0.15, 0.2) is 24.3 Å². The quantitative estimate of drug-likeness (QED) is 0.791. The molecule has 2 heteroatoms. The molecule has 2 rings (SSSR count). The van der Waals surface area contributed by atoms with Crippen molar-refractivity contribution in [2.45, 2.75) is 51.5 Å². The summed E-state index contributed by atoms with van der Waals surface area (Å²) in [4.78, 5) is 11.4. The summed E-state index contributed by atoms with van der Waals surface area (Å²) in [5.41, 5.74) is 2.79. The lowest BCUT2D eigenvalue weighted by atomic mass is 9.84. The van der Waals surface area contributed by atoms with E-state index in [1.165, 1.54) is 11.1 Å². The molecule has 1 fully saturated rings. The molecule has 1 heterocycles. The van der Waals surface area contributed by atoms with E-state index in [2.05, 4.69) is 57.3 Å². The molecule has 0 aliphatic carbocycles. The lowest BCUT2D eigenvalue weighted by molar-refractivity contribution is -0.119. The normalized spacial score (nSPS) is 24.8. The third kappa shape index (κ3) is 2.51. The minimum atomic E-state index is 0.169. The maximum Gasteiger partial charge on any atom is 0.220 e. The highest BCUT2D eigenvalue weighted by atomic mass is 16.1. The van der Waals surface area contributed by atoms with Crippen molar-refractivity contribution in [1.29, 1.82) is 0 Å². The molecule has 1 N–H and O–H groups in total. The highest BCUT2D eigenvalue weighted by Crippen LogP contribution is 2.30. The molecular formula is C15H21NO. The van der Waals surface area contributed by atoms with Gasteiger partial charge in [0.05, 0.1) is 0 Å². The van der Waals surface area contributed by atoms with Crippen molar-refractivity contribution in [3.05, 3.63) is 35.4 Å². The van der Waals surface area contributed by atoms with Gasteiger partial charge in [0.2, 0.25) is 5.91 Å². The Morgan fingerprint density at radius 1 is 1.18 bits per heavy atom. The number of amides is 1. The zero-order chi connectivity index (χ0) is 12.6. The fourth-order valence-corrected chi connectivity index (χ4v) is 2.43. The number of carbonyl (C=O) groups is 1. The van der Waals surface area contributed by atoms with Crippen LogP contribution >= 0.6 is 0 Å². The molecule has 0 bridgehead atoms. The van der Waals surface area contributed by atoms with Gasteiger partial charge in [-0.1, -0.05) is 45.0 Å². The second-order valence-corrected chi connectivity index (χ2v) is 6.04. The Labute approximate surface area is 103 Å². The molecule has 2 unspecified atom stereocenters. The van der Waals surface area contributed by atoms with E-state index in [-0.39, 0.29) is 17.4 Å². The van der Waals surface area contributed by atoms with Crippen molar-refractivity contribution in [2.75, 3.05) is 0 Å². The summed E-state index contributed by atoms with van der Waals surface area (Å²) in [7, 11) is 0. The van der Waals surface area contributed by atoms with E-state index in [0.717, 1.165) is 0 Å². The Balaban J connectivity index is 2.21. The molecule has 17 heavy (non-hydrogen) atoms. The van der Waals surface area contributed by atoms with Gasteiger partial charge in [-0.2, -0.15) is 0 Å². The Hall–Kier alpha value is -1.31. The van der Waals surface area contributed by atoms with Crippen LogP contribution in [-0.4, -0.2) is 11.9 Å². The Bertz CT molecular complexity index is 414. The first-order valence-electron chi connectivity index (χ1n) is 6.28. The predicted molar refractivity (Wildman–Crippen MR) is 70.1 cm³/mol. The molecule has 1 aromatic carbocycles. The van der Waals surface area contributed by atoms with E-state index in [1.54, 1.807) is 0 Å². The van der Waals surface area contributed by atoms with Crippen LogP contribution in [0.25, 0.3) is 0 Å². The molecule has 92 valence electrons. The van der Waals surface area contributed by atoms with Crippen LogP contribution in [0.5, 0.6) is 0 Å². The van der Waals surface area contributed by atoms with Crippen molar-refractivity contribution >= 4 is 5.91 Å². The Morgan fingerprint density at radius 2 is 1.76 bits per heavy atom. The zero-order valence-electron chi connectivity index (χ0n) is 11.1. The SMILES string of the molecule is CC1NC(=O)CC1c1ccc(C(C)(C)C)cc1. The molecule has 0 spiro atoms. The van der Waals surface area contributed by atoms with Crippen LogP contribution < -0.4 is 5.32 Å². The molecular weight excluding hydrogens is 210 g/mol. The van der Waals surface area contributed by atoms with Gasteiger partial charge in [-0.05, 0) is 23.5 Å². The number of carbonyl (C=O) groups excluding carboxylic acids is 1. The van der Waals surface area contributed by atoms with E-state index in [1.807, 2.05) is 0 Å². The molecule has 0 radical (unpaired) electrons. The summed E-state index contributed by atoms with van der Waals surface area (Å²) < 4.78 is 0. The standard InChI is InChI=1S/C15H21NO/c1-10-13(9-14(17)16-10)11-5-7-12(8-6-11)15(2,3)4/h5-8,10,13H,9H2,1-4H3,(H,16,17). The van der Waals surface area contributed by atoms with Gasteiger partial charge >= 0.3 is 0 Å². The molecule has 1 aliphatic heterocycles. The average molecular weight is 231 g/mol. The summed E-state index contributed by atoms with van der Waals surface area (Å²) in [6.07, 6.45) is 0.621. The average Bonchev–Trinajstić information content (AvgIpc) is 2.57. The van der Waals surface area contributed by atoms with Crippen LogP contribution in [0.3, 0.4) is 0 Å². The van der Waals surface area contributed by atoms with Crippen LogP contribution in [0.2, 0.25) is 0 Å². The van der Waals surface area contributed by atoms with Gasteiger partial charge in [-0.3, -0.25) is 4.79 Å². The summed E-state index contributed by atoms with van der Waals surface area (Å²) in [6, 6.07) is 8.96. The number of benzene rings is 1. The highest BCUT2D eigenvalue weighted by Gasteiger charge is 2.30. The minimum absolute atomic E-state index is 0.169. The Kier molecular flexibility index (Phi) is 2.98. The third-order valence-corrected chi connectivity index (χ3v) is 3.60. The van der Waals surface area contributed by atoms with Gasteiger partial charge < -0.3 is 5.32 Å². The second kappa shape index (κ2) is 4.17. The van der Waals surface area contributed by atoms with Gasteiger partial charge in [0.15, 0.2) is 0 Å². The van der Waals surface area contributed by atoms with Crippen LogP contribution in [0, 0.1) is 0 Å². The van der Waals surface area contributed by atoms with Gasteiger partial charge in [-0.25, -0.2) is 0 Å². The van der Waals surface area contributed by atoms with Crippen molar-refractivity contribution in [3.63, 3.8) is 0 Å². The first-order valence-corrected chi connectivity index (χ1v) is 6.28. The number of hydrogen-bond donors (Lipinski definition) is 1. The maximum atomic E-state index is 11.4. The van der Waals surface area contributed by atoms with Gasteiger partial charge in [0, 0.05) is 18.4 Å². The van der Waals surface area contributed by atoms with E-state index >= 15 is 0 Å². The fourth-order valence-electron chi connectivity index (χ4n) is 2.43. The van der Waals surface area contributed by atoms with E-state index < -0.39 is 0 Å². The minimum Gasteiger partial charge on any atom is -0.353 e. The molecule has 1 aliphatic rings. The van der Waals surface area contributed by atoms with Crippen LogP contribution in [-0.2, 0) is 10.2 Å². The molecule has 2 atom stereocenters. The highest BCUT2D eigenvalue weighted by molar-refractivity contribution is 5.80. The van der Waals surface area contributed by atoms with Gasteiger partial charge in [0.1, 0.15) is 0 Å². The molecule has 1 amide bonds. The summed E-state index contributed by atoms with van der Waals surface area (Å²) >= 11 is 0. The second-order valence-electron chi connectivity index (χ2n) is 6.04. The zero-order valence-corrected chi connectivity index (χ0v) is 11.1.